The van der Waals surface area contributed by atoms with Crippen molar-refractivity contribution in [2.45, 2.75) is 45.1 Å². The molecule has 4 heterocycles. The fourth-order valence-corrected chi connectivity index (χ4v) is 5.47. The zero-order valence-corrected chi connectivity index (χ0v) is 18.6. The van der Waals surface area contributed by atoms with Crippen LogP contribution in [0.15, 0.2) is 39.9 Å². The molecule has 2 aromatic heterocycles. The summed E-state index contributed by atoms with van der Waals surface area (Å²) in [5.74, 6) is 0.543. The monoisotopic (exact) mass is 448 g/mol. The molecule has 9 nitrogen and oxygen atoms in total. The average molecular weight is 449 g/mol. The van der Waals surface area contributed by atoms with E-state index in [1.54, 1.807) is 24.3 Å². The number of amides is 1. The maximum Gasteiger partial charge on any atom is 0.269 e. The molecule has 2 aliphatic heterocycles. The molecule has 1 spiro atoms. The summed E-state index contributed by atoms with van der Waals surface area (Å²) < 4.78 is 6.54. The predicted molar refractivity (Wildman–Crippen MR) is 126 cm³/mol. The van der Waals surface area contributed by atoms with E-state index < -0.39 is 0 Å². The Hall–Kier alpha value is -3.36. The maximum atomic E-state index is 12.9. The lowest BCUT2D eigenvalue weighted by atomic mass is 9.68. The highest BCUT2D eigenvalue weighted by Gasteiger charge is 2.44. The molecular weight excluding hydrogens is 420 g/mol. The number of hydrogen-bond acceptors (Lipinski definition) is 7. The highest BCUT2D eigenvalue weighted by atomic mass is 16.3. The molecule has 3 aliphatic rings. The van der Waals surface area contributed by atoms with Gasteiger partial charge in [-0.05, 0) is 55.7 Å². The maximum absolute atomic E-state index is 12.9. The van der Waals surface area contributed by atoms with Crippen molar-refractivity contribution in [3.05, 3.63) is 41.0 Å². The Morgan fingerprint density at radius 1 is 1.06 bits per heavy atom. The first-order chi connectivity index (χ1) is 16.1. The van der Waals surface area contributed by atoms with Gasteiger partial charge in [-0.25, -0.2) is 9.67 Å². The lowest BCUT2D eigenvalue weighted by Gasteiger charge is -2.38. The second-order valence-electron chi connectivity index (χ2n) is 9.65. The van der Waals surface area contributed by atoms with Crippen LogP contribution in [0.4, 0.5) is 17.2 Å². The van der Waals surface area contributed by atoms with E-state index >= 15 is 0 Å². The molecule has 6 rings (SSSR count). The standard InChI is InChI=1S/C24H28N6O3/c31-21(26-17-4-5-20-18(12-17)25-16-33-20)14-30-22(32)13-19(28-9-1-2-10-28)23(27-30)29-11-8-24(15-29)6-3-7-24/h4-5,12-13,16H,1-3,6-11,14-15H2,(H,26,31). The highest BCUT2D eigenvalue weighted by Crippen LogP contribution is 2.49. The summed E-state index contributed by atoms with van der Waals surface area (Å²) in [6.45, 7) is 3.70. The van der Waals surface area contributed by atoms with E-state index in [1.807, 2.05) is 0 Å². The van der Waals surface area contributed by atoms with E-state index in [4.69, 9.17) is 9.52 Å². The minimum absolute atomic E-state index is 0.137. The van der Waals surface area contributed by atoms with Crippen LogP contribution in [0, 0.1) is 5.41 Å². The van der Waals surface area contributed by atoms with Crippen molar-refractivity contribution in [2.24, 2.45) is 5.41 Å². The number of nitrogens with zero attached hydrogens (tertiary/aromatic N) is 5. The first-order valence-corrected chi connectivity index (χ1v) is 11.8. The number of fused-ring (bicyclic) bond motifs is 1. The summed E-state index contributed by atoms with van der Waals surface area (Å²) >= 11 is 0. The molecule has 0 atom stereocenters. The summed E-state index contributed by atoms with van der Waals surface area (Å²) in [4.78, 5) is 34.4. The van der Waals surface area contributed by atoms with Gasteiger partial charge in [0.15, 0.2) is 17.8 Å². The number of carbonyl (C=O) groups is 1. The summed E-state index contributed by atoms with van der Waals surface area (Å²) in [6.07, 6.45) is 8.67. The largest absolute Gasteiger partial charge is 0.443 e. The van der Waals surface area contributed by atoms with E-state index in [-0.39, 0.29) is 18.0 Å². The van der Waals surface area contributed by atoms with Gasteiger partial charge in [0.2, 0.25) is 5.91 Å². The normalized spacial score (nSPS) is 19.4. The lowest BCUT2D eigenvalue weighted by molar-refractivity contribution is -0.117. The average Bonchev–Trinajstić information content (AvgIpc) is 3.54. The van der Waals surface area contributed by atoms with Crippen LogP contribution in [0.5, 0.6) is 0 Å². The van der Waals surface area contributed by atoms with Crippen LogP contribution < -0.4 is 20.7 Å². The number of rotatable bonds is 5. The first kappa shape index (κ1) is 20.3. The van der Waals surface area contributed by atoms with Gasteiger partial charge >= 0.3 is 0 Å². The zero-order chi connectivity index (χ0) is 22.4. The Kier molecular flexibility index (Phi) is 4.85. The van der Waals surface area contributed by atoms with Crippen molar-refractivity contribution < 1.29 is 9.21 Å². The molecule has 0 unspecified atom stereocenters. The van der Waals surface area contributed by atoms with Crippen LogP contribution >= 0.6 is 0 Å². The first-order valence-electron chi connectivity index (χ1n) is 11.8. The lowest BCUT2D eigenvalue weighted by Crippen LogP contribution is -2.37. The van der Waals surface area contributed by atoms with E-state index in [0.29, 0.717) is 22.2 Å². The van der Waals surface area contributed by atoms with Crippen LogP contribution in [0.2, 0.25) is 0 Å². The quantitative estimate of drug-likeness (QED) is 0.641. The molecule has 1 saturated carbocycles. The molecular formula is C24H28N6O3. The fraction of sp³-hybridized carbons (Fsp3) is 0.500. The van der Waals surface area contributed by atoms with Gasteiger partial charge in [-0.3, -0.25) is 9.59 Å². The Labute approximate surface area is 191 Å². The third kappa shape index (κ3) is 3.75. The molecule has 0 radical (unpaired) electrons. The Bertz CT molecular complexity index is 1250. The minimum atomic E-state index is -0.302. The number of benzene rings is 1. The number of aromatic nitrogens is 3. The predicted octanol–water partition coefficient (Wildman–Crippen LogP) is 3.00. The Balaban J connectivity index is 1.26. The van der Waals surface area contributed by atoms with E-state index in [9.17, 15) is 9.59 Å². The van der Waals surface area contributed by atoms with Gasteiger partial charge in [0.1, 0.15) is 12.1 Å². The van der Waals surface area contributed by atoms with E-state index in [1.165, 1.54) is 36.8 Å². The topological polar surface area (TPSA) is 96.5 Å². The van der Waals surface area contributed by atoms with Gasteiger partial charge in [-0.15, -0.1) is 5.10 Å². The Morgan fingerprint density at radius 3 is 2.67 bits per heavy atom. The number of oxazole rings is 1. The van der Waals surface area contributed by atoms with Crippen molar-refractivity contribution in [1.29, 1.82) is 0 Å². The molecule has 33 heavy (non-hydrogen) atoms. The summed E-state index contributed by atoms with van der Waals surface area (Å²) in [7, 11) is 0. The van der Waals surface area contributed by atoms with Crippen molar-refractivity contribution in [3.8, 4) is 0 Å². The van der Waals surface area contributed by atoms with Gasteiger partial charge in [0, 0.05) is 37.9 Å². The second kappa shape index (κ2) is 7.90. The molecule has 3 aromatic rings. The highest BCUT2D eigenvalue weighted by molar-refractivity contribution is 5.92. The molecule has 2 saturated heterocycles. The SMILES string of the molecule is O=C(Cn1nc(N2CCC3(CCC3)C2)c(N2CCCC2)cc1=O)Nc1ccc2ocnc2c1. The van der Waals surface area contributed by atoms with Gasteiger partial charge < -0.3 is 19.5 Å². The van der Waals surface area contributed by atoms with Crippen molar-refractivity contribution >= 4 is 34.2 Å². The summed E-state index contributed by atoms with van der Waals surface area (Å²) in [6, 6.07) is 6.94. The van der Waals surface area contributed by atoms with Crippen LogP contribution in [-0.2, 0) is 11.3 Å². The molecule has 3 fully saturated rings. The number of nitrogens with one attached hydrogen (secondary N) is 1. The van der Waals surface area contributed by atoms with Crippen LogP contribution in [0.25, 0.3) is 11.1 Å². The van der Waals surface area contributed by atoms with Crippen molar-refractivity contribution in [1.82, 2.24) is 14.8 Å². The summed E-state index contributed by atoms with van der Waals surface area (Å²) in [5, 5.41) is 7.59. The zero-order valence-electron chi connectivity index (χ0n) is 18.6. The Morgan fingerprint density at radius 2 is 1.91 bits per heavy atom. The fourth-order valence-electron chi connectivity index (χ4n) is 5.47. The third-order valence-electron chi connectivity index (χ3n) is 7.47. The molecule has 1 amide bonds. The number of hydrogen-bond donors (Lipinski definition) is 1. The molecule has 9 heteroatoms. The second-order valence-corrected chi connectivity index (χ2v) is 9.65. The molecule has 1 aromatic carbocycles. The van der Waals surface area contributed by atoms with E-state index in [2.05, 4.69) is 20.1 Å². The van der Waals surface area contributed by atoms with Crippen molar-refractivity contribution in [2.75, 3.05) is 41.3 Å². The number of anilines is 3. The summed E-state index contributed by atoms with van der Waals surface area (Å²) in [5.41, 5.74) is 3.02. The van der Waals surface area contributed by atoms with Gasteiger partial charge in [-0.2, -0.15) is 0 Å². The van der Waals surface area contributed by atoms with Gasteiger partial charge in [-0.1, -0.05) is 6.42 Å². The minimum Gasteiger partial charge on any atom is -0.443 e. The van der Waals surface area contributed by atoms with Crippen LogP contribution in [-0.4, -0.2) is 46.9 Å². The van der Waals surface area contributed by atoms with Crippen molar-refractivity contribution in [3.63, 3.8) is 0 Å². The smallest absolute Gasteiger partial charge is 0.269 e. The molecule has 0 bridgehead atoms. The molecule has 1 N–H and O–H groups in total. The molecule has 1 aliphatic carbocycles. The van der Waals surface area contributed by atoms with Gasteiger partial charge in [0.05, 0.1) is 5.69 Å². The third-order valence-corrected chi connectivity index (χ3v) is 7.47. The van der Waals surface area contributed by atoms with Gasteiger partial charge in [0.25, 0.3) is 5.56 Å². The van der Waals surface area contributed by atoms with E-state index in [0.717, 1.165) is 50.5 Å². The number of carbonyl (C=O) groups excluding carboxylic acids is 1. The van der Waals surface area contributed by atoms with Crippen LogP contribution in [0.3, 0.4) is 0 Å². The van der Waals surface area contributed by atoms with Crippen LogP contribution in [0.1, 0.15) is 38.5 Å². The molecule has 172 valence electrons.